The van der Waals surface area contributed by atoms with Crippen LogP contribution in [0.3, 0.4) is 0 Å². The fourth-order valence-electron chi connectivity index (χ4n) is 2.04. The van der Waals surface area contributed by atoms with Gasteiger partial charge in [0.25, 0.3) is 0 Å². The fourth-order valence-corrected chi connectivity index (χ4v) is 2.04. The Morgan fingerprint density at radius 3 is 2.93 bits per heavy atom. The maximum atomic E-state index is 11.6. The molecule has 2 saturated heterocycles. The summed E-state index contributed by atoms with van der Waals surface area (Å²) in [5.41, 5.74) is 0. The lowest BCUT2D eigenvalue weighted by molar-refractivity contribution is -0.124. The summed E-state index contributed by atoms with van der Waals surface area (Å²) in [7, 11) is 0. The number of carbonyl (C=O) groups excluding carboxylic acids is 1. The highest BCUT2D eigenvalue weighted by Gasteiger charge is 2.23. The van der Waals surface area contributed by atoms with Gasteiger partial charge in [0, 0.05) is 19.2 Å². The lowest BCUT2D eigenvalue weighted by atomic mass is 10.0. The molecular formula is C11H20N2O2. The Hall–Kier alpha value is -0.610. The van der Waals surface area contributed by atoms with Crippen molar-refractivity contribution in [1.29, 1.82) is 0 Å². The van der Waals surface area contributed by atoms with Crippen LogP contribution in [0.15, 0.2) is 0 Å². The van der Waals surface area contributed by atoms with Gasteiger partial charge in [-0.15, -0.1) is 0 Å². The van der Waals surface area contributed by atoms with E-state index in [4.69, 9.17) is 4.74 Å². The molecule has 1 amide bonds. The fraction of sp³-hybridized carbons (Fsp3) is 0.909. The van der Waals surface area contributed by atoms with E-state index in [0.29, 0.717) is 12.6 Å². The monoisotopic (exact) mass is 212 g/mol. The van der Waals surface area contributed by atoms with Gasteiger partial charge in [-0.2, -0.15) is 0 Å². The van der Waals surface area contributed by atoms with Crippen LogP contribution in [0.4, 0.5) is 0 Å². The molecule has 2 heterocycles. The minimum absolute atomic E-state index is 0.104. The van der Waals surface area contributed by atoms with Crippen molar-refractivity contribution in [3.63, 3.8) is 0 Å². The predicted octanol–water partition coefficient (Wildman–Crippen LogP) is 0.281. The molecule has 2 fully saturated rings. The molecule has 0 spiro atoms. The first-order valence-electron chi connectivity index (χ1n) is 5.95. The van der Waals surface area contributed by atoms with E-state index >= 15 is 0 Å². The van der Waals surface area contributed by atoms with Crippen LogP contribution in [0.1, 0.15) is 25.7 Å². The van der Waals surface area contributed by atoms with Gasteiger partial charge in [-0.1, -0.05) is 0 Å². The van der Waals surface area contributed by atoms with Crippen molar-refractivity contribution in [1.82, 2.24) is 10.6 Å². The maximum absolute atomic E-state index is 11.6. The molecule has 2 aliphatic rings. The molecule has 0 bridgehead atoms. The minimum Gasteiger partial charge on any atom is -0.381 e. The molecule has 0 saturated carbocycles. The first-order valence-corrected chi connectivity index (χ1v) is 5.95. The van der Waals surface area contributed by atoms with E-state index in [1.165, 1.54) is 12.8 Å². The number of nitrogens with one attached hydrogen (secondary N) is 2. The van der Waals surface area contributed by atoms with Gasteiger partial charge in [0.2, 0.25) is 5.91 Å². The Labute approximate surface area is 90.8 Å². The van der Waals surface area contributed by atoms with Crippen LogP contribution in [-0.2, 0) is 9.53 Å². The smallest absolute Gasteiger partial charge is 0.225 e. The SMILES string of the molecule is O=C(NCCCC1CCN1)C1CCOC1. The zero-order valence-corrected chi connectivity index (χ0v) is 9.13. The summed E-state index contributed by atoms with van der Waals surface area (Å²) in [4.78, 5) is 11.6. The second kappa shape index (κ2) is 5.47. The first kappa shape index (κ1) is 10.9. The zero-order chi connectivity index (χ0) is 10.5. The van der Waals surface area contributed by atoms with Gasteiger partial charge in [-0.05, 0) is 32.2 Å². The van der Waals surface area contributed by atoms with E-state index < -0.39 is 0 Å². The second-order valence-corrected chi connectivity index (χ2v) is 4.43. The Balaban J connectivity index is 1.50. The summed E-state index contributed by atoms with van der Waals surface area (Å²) in [6.07, 6.45) is 4.44. The van der Waals surface area contributed by atoms with E-state index in [9.17, 15) is 4.79 Å². The molecule has 0 aliphatic carbocycles. The van der Waals surface area contributed by atoms with Crippen LogP contribution in [-0.4, -0.2) is 38.3 Å². The van der Waals surface area contributed by atoms with Crippen LogP contribution in [0.2, 0.25) is 0 Å². The van der Waals surface area contributed by atoms with E-state index in [0.717, 1.165) is 32.5 Å². The Kier molecular flexibility index (Phi) is 3.97. The standard InChI is InChI=1S/C11H20N2O2/c14-11(9-4-7-15-8-9)13-5-1-2-10-3-6-12-10/h9-10,12H,1-8H2,(H,13,14). The molecule has 0 aromatic carbocycles. The topological polar surface area (TPSA) is 50.4 Å². The van der Waals surface area contributed by atoms with Gasteiger partial charge in [-0.3, -0.25) is 4.79 Å². The number of carbonyl (C=O) groups is 1. The Bertz CT molecular complexity index is 211. The third-order valence-corrected chi connectivity index (χ3v) is 3.25. The van der Waals surface area contributed by atoms with Crippen molar-refractivity contribution in [3.8, 4) is 0 Å². The lowest BCUT2D eigenvalue weighted by Gasteiger charge is -2.27. The van der Waals surface area contributed by atoms with Crippen molar-refractivity contribution >= 4 is 5.91 Å². The number of amides is 1. The molecule has 0 aromatic rings. The van der Waals surface area contributed by atoms with Crippen LogP contribution in [0, 0.1) is 5.92 Å². The molecule has 2 aliphatic heterocycles. The summed E-state index contributed by atoms with van der Waals surface area (Å²) in [6.45, 7) is 3.32. The molecule has 2 unspecified atom stereocenters. The summed E-state index contributed by atoms with van der Waals surface area (Å²) in [6, 6.07) is 0.705. The molecule has 4 heteroatoms. The Morgan fingerprint density at radius 1 is 1.47 bits per heavy atom. The average molecular weight is 212 g/mol. The number of hydrogen-bond acceptors (Lipinski definition) is 3. The molecule has 15 heavy (non-hydrogen) atoms. The largest absolute Gasteiger partial charge is 0.381 e. The van der Waals surface area contributed by atoms with Crippen molar-refractivity contribution in [2.75, 3.05) is 26.3 Å². The molecule has 86 valence electrons. The first-order chi connectivity index (χ1) is 7.36. The highest BCUT2D eigenvalue weighted by Crippen LogP contribution is 2.12. The molecule has 0 aromatic heterocycles. The molecular weight excluding hydrogens is 192 g/mol. The van der Waals surface area contributed by atoms with Gasteiger partial charge >= 0.3 is 0 Å². The number of hydrogen-bond donors (Lipinski definition) is 2. The third-order valence-electron chi connectivity index (χ3n) is 3.25. The highest BCUT2D eigenvalue weighted by atomic mass is 16.5. The third kappa shape index (κ3) is 3.18. The molecule has 2 N–H and O–H groups in total. The molecule has 2 atom stereocenters. The van der Waals surface area contributed by atoms with Crippen LogP contribution >= 0.6 is 0 Å². The van der Waals surface area contributed by atoms with Crippen molar-refractivity contribution < 1.29 is 9.53 Å². The minimum atomic E-state index is 0.104. The zero-order valence-electron chi connectivity index (χ0n) is 9.13. The van der Waals surface area contributed by atoms with E-state index in [2.05, 4.69) is 10.6 Å². The summed E-state index contributed by atoms with van der Waals surface area (Å²) < 4.78 is 5.18. The van der Waals surface area contributed by atoms with Crippen LogP contribution < -0.4 is 10.6 Å². The van der Waals surface area contributed by atoms with Gasteiger partial charge in [0.1, 0.15) is 0 Å². The maximum Gasteiger partial charge on any atom is 0.225 e. The average Bonchev–Trinajstić information content (AvgIpc) is 2.67. The lowest BCUT2D eigenvalue weighted by Crippen LogP contribution is -2.43. The van der Waals surface area contributed by atoms with Gasteiger partial charge in [-0.25, -0.2) is 0 Å². The van der Waals surface area contributed by atoms with Crippen molar-refractivity contribution in [3.05, 3.63) is 0 Å². The second-order valence-electron chi connectivity index (χ2n) is 4.43. The normalized spacial score (nSPS) is 29.9. The van der Waals surface area contributed by atoms with Crippen molar-refractivity contribution in [2.24, 2.45) is 5.92 Å². The van der Waals surface area contributed by atoms with E-state index in [-0.39, 0.29) is 11.8 Å². The predicted molar refractivity (Wildman–Crippen MR) is 57.6 cm³/mol. The van der Waals surface area contributed by atoms with E-state index in [1.54, 1.807) is 0 Å². The summed E-state index contributed by atoms with van der Waals surface area (Å²) in [5, 5.41) is 6.34. The van der Waals surface area contributed by atoms with Gasteiger partial charge < -0.3 is 15.4 Å². The highest BCUT2D eigenvalue weighted by molar-refractivity contribution is 5.78. The summed E-state index contributed by atoms with van der Waals surface area (Å²) in [5.74, 6) is 0.279. The van der Waals surface area contributed by atoms with Gasteiger partial charge in [0.15, 0.2) is 0 Å². The molecule has 2 rings (SSSR count). The quantitative estimate of drug-likeness (QED) is 0.644. The van der Waals surface area contributed by atoms with Crippen molar-refractivity contribution in [2.45, 2.75) is 31.7 Å². The number of rotatable bonds is 5. The van der Waals surface area contributed by atoms with Crippen LogP contribution in [0.5, 0.6) is 0 Å². The molecule has 4 nitrogen and oxygen atoms in total. The summed E-state index contributed by atoms with van der Waals surface area (Å²) >= 11 is 0. The number of ether oxygens (including phenoxy) is 1. The molecule has 0 radical (unpaired) electrons. The van der Waals surface area contributed by atoms with Gasteiger partial charge in [0.05, 0.1) is 12.5 Å². The van der Waals surface area contributed by atoms with E-state index in [1.807, 2.05) is 0 Å². The van der Waals surface area contributed by atoms with Crippen LogP contribution in [0.25, 0.3) is 0 Å². The Morgan fingerprint density at radius 2 is 2.33 bits per heavy atom.